The molecule has 1 spiro atoms. The molecule has 68 valence electrons. The molecule has 0 aromatic rings. The SMILES string of the molecule is OC12CC1CCC21CCCCC1. The van der Waals surface area contributed by atoms with Gasteiger partial charge in [0.05, 0.1) is 5.60 Å². The zero-order valence-electron chi connectivity index (χ0n) is 7.68. The highest BCUT2D eigenvalue weighted by Crippen LogP contribution is 2.69. The van der Waals surface area contributed by atoms with E-state index in [0.29, 0.717) is 11.3 Å². The van der Waals surface area contributed by atoms with Crippen LogP contribution in [0.2, 0.25) is 0 Å². The lowest BCUT2D eigenvalue weighted by Gasteiger charge is -2.39. The van der Waals surface area contributed by atoms with Crippen molar-refractivity contribution in [1.29, 1.82) is 0 Å². The molecule has 3 saturated carbocycles. The molecule has 0 aliphatic heterocycles. The molecular formula is C11H18O. The molecule has 0 bridgehead atoms. The van der Waals surface area contributed by atoms with E-state index in [9.17, 15) is 5.11 Å². The Morgan fingerprint density at radius 1 is 1.00 bits per heavy atom. The molecule has 3 fully saturated rings. The van der Waals surface area contributed by atoms with Crippen LogP contribution >= 0.6 is 0 Å². The van der Waals surface area contributed by atoms with Gasteiger partial charge < -0.3 is 5.11 Å². The number of rotatable bonds is 0. The van der Waals surface area contributed by atoms with Crippen molar-refractivity contribution < 1.29 is 5.11 Å². The van der Waals surface area contributed by atoms with Crippen LogP contribution in [0, 0.1) is 11.3 Å². The third-order valence-electron chi connectivity index (χ3n) is 4.77. The Morgan fingerprint density at radius 2 is 1.75 bits per heavy atom. The average Bonchev–Trinajstić information content (AvgIpc) is 2.71. The van der Waals surface area contributed by atoms with E-state index in [-0.39, 0.29) is 5.60 Å². The molecule has 0 saturated heterocycles. The van der Waals surface area contributed by atoms with Gasteiger partial charge in [0.15, 0.2) is 0 Å². The molecular weight excluding hydrogens is 148 g/mol. The molecule has 1 nitrogen and oxygen atoms in total. The van der Waals surface area contributed by atoms with Crippen molar-refractivity contribution in [3.05, 3.63) is 0 Å². The van der Waals surface area contributed by atoms with Crippen molar-refractivity contribution in [3.8, 4) is 0 Å². The Labute approximate surface area is 74.2 Å². The number of fused-ring (bicyclic) bond motifs is 2. The van der Waals surface area contributed by atoms with Gasteiger partial charge in [-0.05, 0) is 43.4 Å². The standard InChI is InChI=1S/C11H18O/c12-11-8-9(11)4-7-10(11)5-2-1-3-6-10/h9,12H,1-8H2. The maximum atomic E-state index is 10.3. The third-order valence-corrected chi connectivity index (χ3v) is 4.77. The van der Waals surface area contributed by atoms with Crippen LogP contribution in [0.1, 0.15) is 51.4 Å². The Balaban J connectivity index is 1.88. The van der Waals surface area contributed by atoms with Crippen LogP contribution in [0.5, 0.6) is 0 Å². The van der Waals surface area contributed by atoms with Gasteiger partial charge >= 0.3 is 0 Å². The number of aliphatic hydroxyl groups is 1. The van der Waals surface area contributed by atoms with Gasteiger partial charge in [0.25, 0.3) is 0 Å². The summed E-state index contributed by atoms with van der Waals surface area (Å²) in [4.78, 5) is 0. The Bertz CT molecular complexity index is 203. The van der Waals surface area contributed by atoms with Gasteiger partial charge in [-0.3, -0.25) is 0 Å². The van der Waals surface area contributed by atoms with Crippen molar-refractivity contribution in [1.82, 2.24) is 0 Å². The van der Waals surface area contributed by atoms with Crippen LogP contribution in [0.25, 0.3) is 0 Å². The Hall–Kier alpha value is -0.0400. The van der Waals surface area contributed by atoms with Crippen LogP contribution in [-0.4, -0.2) is 10.7 Å². The van der Waals surface area contributed by atoms with Gasteiger partial charge in [-0.2, -0.15) is 0 Å². The molecule has 0 radical (unpaired) electrons. The zero-order chi connectivity index (χ0) is 8.23. The van der Waals surface area contributed by atoms with Crippen molar-refractivity contribution in [2.45, 2.75) is 57.0 Å². The summed E-state index contributed by atoms with van der Waals surface area (Å²) in [5.41, 5.74) is 0.226. The van der Waals surface area contributed by atoms with Crippen LogP contribution in [0.4, 0.5) is 0 Å². The van der Waals surface area contributed by atoms with E-state index in [4.69, 9.17) is 0 Å². The summed E-state index contributed by atoms with van der Waals surface area (Å²) in [6.07, 6.45) is 10.6. The predicted octanol–water partition coefficient (Wildman–Crippen LogP) is 2.48. The second kappa shape index (κ2) is 2.06. The first-order valence-corrected chi connectivity index (χ1v) is 5.49. The Morgan fingerprint density at radius 3 is 2.25 bits per heavy atom. The molecule has 0 heterocycles. The molecule has 0 amide bonds. The molecule has 2 atom stereocenters. The maximum absolute atomic E-state index is 10.3. The summed E-state index contributed by atoms with van der Waals surface area (Å²) in [7, 11) is 0. The summed E-state index contributed by atoms with van der Waals surface area (Å²) in [6, 6.07) is 0. The van der Waals surface area contributed by atoms with E-state index >= 15 is 0 Å². The minimum atomic E-state index is -0.173. The van der Waals surface area contributed by atoms with Crippen LogP contribution in [0.15, 0.2) is 0 Å². The fourth-order valence-electron chi connectivity index (χ4n) is 3.89. The molecule has 12 heavy (non-hydrogen) atoms. The van der Waals surface area contributed by atoms with E-state index in [1.54, 1.807) is 0 Å². The molecule has 0 aromatic carbocycles. The summed E-state index contributed by atoms with van der Waals surface area (Å²) in [5, 5.41) is 10.3. The molecule has 1 heteroatoms. The highest BCUT2D eigenvalue weighted by atomic mass is 16.3. The minimum absolute atomic E-state index is 0.173. The average molecular weight is 166 g/mol. The third kappa shape index (κ3) is 0.693. The van der Waals surface area contributed by atoms with E-state index in [2.05, 4.69) is 0 Å². The van der Waals surface area contributed by atoms with Gasteiger partial charge in [0.1, 0.15) is 0 Å². The van der Waals surface area contributed by atoms with Gasteiger partial charge in [-0.25, -0.2) is 0 Å². The van der Waals surface area contributed by atoms with Gasteiger partial charge in [-0.15, -0.1) is 0 Å². The van der Waals surface area contributed by atoms with Gasteiger partial charge in [0.2, 0.25) is 0 Å². The quantitative estimate of drug-likeness (QED) is 0.586. The number of hydrogen-bond acceptors (Lipinski definition) is 1. The van der Waals surface area contributed by atoms with Gasteiger partial charge in [-0.1, -0.05) is 19.3 Å². The monoisotopic (exact) mass is 166 g/mol. The maximum Gasteiger partial charge on any atom is 0.0736 e. The second-order valence-corrected chi connectivity index (χ2v) is 5.20. The molecule has 3 rings (SSSR count). The smallest absolute Gasteiger partial charge is 0.0736 e. The summed E-state index contributed by atoms with van der Waals surface area (Å²) < 4.78 is 0. The first-order chi connectivity index (χ1) is 5.77. The molecule has 0 aromatic heterocycles. The first kappa shape index (κ1) is 7.37. The zero-order valence-corrected chi connectivity index (χ0v) is 7.68. The molecule has 3 aliphatic carbocycles. The molecule has 3 aliphatic rings. The minimum Gasteiger partial charge on any atom is -0.389 e. The lowest BCUT2D eigenvalue weighted by molar-refractivity contribution is -0.0157. The van der Waals surface area contributed by atoms with Crippen molar-refractivity contribution in [2.24, 2.45) is 11.3 Å². The summed E-state index contributed by atoms with van der Waals surface area (Å²) in [5.74, 6) is 0.704. The van der Waals surface area contributed by atoms with E-state index < -0.39 is 0 Å². The highest BCUT2D eigenvalue weighted by molar-refractivity contribution is 5.19. The van der Waals surface area contributed by atoms with Crippen molar-refractivity contribution in [2.75, 3.05) is 0 Å². The second-order valence-electron chi connectivity index (χ2n) is 5.20. The van der Waals surface area contributed by atoms with E-state index in [1.165, 1.54) is 44.9 Å². The highest BCUT2D eigenvalue weighted by Gasteiger charge is 2.69. The molecule has 1 N–H and O–H groups in total. The van der Waals surface area contributed by atoms with Crippen molar-refractivity contribution >= 4 is 0 Å². The Kier molecular flexibility index (Phi) is 1.27. The number of hydrogen-bond donors (Lipinski definition) is 1. The van der Waals surface area contributed by atoms with E-state index in [1.807, 2.05) is 0 Å². The lowest BCUT2D eigenvalue weighted by Crippen LogP contribution is -2.36. The largest absolute Gasteiger partial charge is 0.389 e. The van der Waals surface area contributed by atoms with Crippen LogP contribution < -0.4 is 0 Å². The lowest BCUT2D eigenvalue weighted by atomic mass is 9.69. The normalized spacial score (nSPS) is 49.2. The van der Waals surface area contributed by atoms with Crippen molar-refractivity contribution in [3.63, 3.8) is 0 Å². The fraction of sp³-hybridized carbons (Fsp3) is 1.00. The predicted molar refractivity (Wildman–Crippen MR) is 47.8 cm³/mol. The summed E-state index contributed by atoms with van der Waals surface area (Å²) in [6.45, 7) is 0. The molecule has 2 unspecified atom stereocenters. The summed E-state index contributed by atoms with van der Waals surface area (Å²) >= 11 is 0. The van der Waals surface area contributed by atoms with Crippen LogP contribution in [0.3, 0.4) is 0 Å². The first-order valence-electron chi connectivity index (χ1n) is 5.49. The van der Waals surface area contributed by atoms with Crippen LogP contribution in [-0.2, 0) is 0 Å². The topological polar surface area (TPSA) is 20.2 Å². The van der Waals surface area contributed by atoms with Gasteiger partial charge in [0, 0.05) is 0 Å². The van der Waals surface area contributed by atoms with E-state index in [0.717, 1.165) is 6.42 Å². The fourth-order valence-corrected chi connectivity index (χ4v) is 3.89.